The number of nitrogens with zero attached hydrogens (tertiary/aromatic N) is 1. The summed E-state index contributed by atoms with van der Waals surface area (Å²) < 4.78 is 15.2. The Morgan fingerprint density at radius 3 is 3.00 bits per heavy atom. The van der Waals surface area contributed by atoms with Crippen molar-refractivity contribution < 1.29 is 19.0 Å². The number of hydrogen-bond donors (Lipinski definition) is 0. The lowest BCUT2D eigenvalue weighted by Gasteiger charge is -2.16. The average Bonchev–Trinajstić information content (AvgIpc) is 2.87. The molecule has 0 N–H and O–H groups in total. The van der Waals surface area contributed by atoms with E-state index in [1.54, 1.807) is 0 Å². The Bertz CT molecular complexity index is 492. The van der Waals surface area contributed by atoms with Gasteiger partial charge < -0.3 is 19.1 Å². The molecule has 6 heteroatoms. The molecule has 0 atom stereocenters. The Morgan fingerprint density at radius 2 is 2.25 bits per heavy atom. The fourth-order valence-corrected chi connectivity index (χ4v) is 2.39. The third-order valence-corrected chi connectivity index (χ3v) is 3.37. The van der Waals surface area contributed by atoms with Crippen molar-refractivity contribution in [3.8, 4) is 11.5 Å². The smallest absolute Gasteiger partial charge is 0.305 e. The lowest BCUT2D eigenvalue weighted by molar-refractivity contribution is -0.140. The van der Waals surface area contributed by atoms with E-state index in [9.17, 15) is 4.79 Å². The van der Waals surface area contributed by atoms with Gasteiger partial charge in [-0.05, 0) is 37.7 Å². The first-order valence-electron chi connectivity index (χ1n) is 6.43. The summed E-state index contributed by atoms with van der Waals surface area (Å²) in [5.74, 6) is 1.13. The van der Waals surface area contributed by atoms with Gasteiger partial charge in [0.1, 0.15) is 0 Å². The summed E-state index contributed by atoms with van der Waals surface area (Å²) in [4.78, 5) is 13.2. The van der Waals surface area contributed by atoms with E-state index < -0.39 is 0 Å². The van der Waals surface area contributed by atoms with E-state index in [0.29, 0.717) is 22.9 Å². The molecule has 0 aliphatic carbocycles. The highest BCUT2D eigenvalue weighted by molar-refractivity contribution is 6.32. The summed E-state index contributed by atoms with van der Waals surface area (Å²) in [6, 6.07) is 3.82. The molecule has 110 valence electrons. The van der Waals surface area contributed by atoms with Crippen LogP contribution in [0.5, 0.6) is 11.5 Å². The van der Waals surface area contributed by atoms with Gasteiger partial charge in [-0.2, -0.15) is 0 Å². The fraction of sp³-hybridized carbons (Fsp3) is 0.500. The summed E-state index contributed by atoms with van der Waals surface area (Å²) in [6.07, 6.45) is 1.20. The van der Waals surface area contributed by atoms with Gasteiger partial charge in [-0.3, -0.25) is 4.79 Å². The Morgan fingerprint density at radius 1 is 1.45 bits per heavy atom. The lowest BCUT2D eigenvalue weighted by atomic mass is 10.2. The van der Waals surface area contributed by atoms with Crippen LogP contribution in [0.3, 0.4) is 0 Å². The standard InChI is InChI=1S/C14H18ClNO4/c1-16(5-3-4-13(17)18-2)8-10-6-11(15)14-12(7-10)19-9-20-14/h6-7H,3-5,8-9H2,1-2H3. The predicted molar refractivity (Wildman–Crippen MR) is 75.2 cm³/mol. The van der Waals surface area contributed by atoms with Crippen molar-refractivity contribution in [1.29, 1.82) is 0 Å². The molecule has 0 saturated heterocycles. The molecule has 0 saturated carbocycles. The number of hydrogen-bond acceptors (Lipinski definition) is 5. The summed E-state index contributed by atoms with van der Waals surface area (Å²) >= 11 is 6.14. The van der Waals surface area contributed by atoms with E-state index in [0.717, 1.165) is 25.1 Å². The Kier molecular flexibility index (Phi) is 5.09. The number of rotatable bonds is 6. The van der Waals surface area contributed by atoms with Crippen molar-refractivity contribution in [2.45, 2.75) is 19.4 Å². The minimum atomic E-state index is -0.176. The van der Waals surface area contributed by atoms with E-state index in [-0.39, 0.29) is 12.8 Å². The Labute approximate surface area is 123 Å². The van der Waals surface area contributed by atoms with Crippen LogP contribution in [0.2, 0.25) is 5.02 Å². The highest BCUT2D eigenvalue weighted by Crippen LogP contribution is 2.39. The van der Waals surface area contributed by atoms with Crippen molar-refractivity contribution in [1.82, 2.24) is 4.90 Å². The maximum absolute atomic E-state index is 11.0. The largest absolute Gasteiger partial charge is 0.469 e. The second kappa shape index (κ2) is 6.81. The molecule has 2 rings (SSSR count). The van der Waals surface area contributed by atoms with Gasteiger partial charge in [-0.25, -0.2) is 0 Å². The predicted octanol–water partition coefficient (Wildman–Crippen LogP) is 2.45. The molecule has 1 heterocycles. The van der Waals surface area contributed by atoms with Gasteiger partial charge in [-0.1, -0.05) is 11.6 Å². The Balaban J connectivity index is 1.87. The molecule has 0 fully saturated rings. The molecule has 0 bridgehead atoms. The van der Waals surface area contributed by atoms with Crippen molar-refractivity contribution in [2.75, 3.05) is 27.5 Å². The van der Waals surface area contributed by atoms with Gasteiger partial charge in [-0.15, -0.1) is 0 Å². The molecule has 1 aromatic carbocycles. The molecular formula is C14H18ClNO4. The van der Waals surface area contributed by atoms with E-state index >= 15 is 0 Å². The molecular weight excluding hydrogens is 282 g/mol. The maximum atomic E-state index is 11.0. The van der Waals surface area contributed by atoms with Gasteiger partial charge in [0.15, 0.2) is 11.5 Å². The van der Waals surface area contributed by atoms with Crippen LogP contribution in [-0.2, 0) is 16.1 Å². The minimum Gasteiger partial charge on any atom is -0.469 e. The van der Waals surface area contributed by atoms with Crippen molar-refractivity contribution in [2.24, 2.45) is 0 Å². The van der Waals surface area contributed by atoms with Crippen LogP contribution in [0, 0.1) is 0 Å². The summed E-state index contributed by atoms with van der Waals surface area (Å²) in [6.45, 7) is 1.76. The quantitative estimate of drug-likeness (QED) is 0.755. The van der Waals surface area contributed by atoms with E-state index in [1.165, 1.54) is 7.11 Å². The van der Waals surface area contributed by atoms with Crippen LogP contribution >= 0.6 is 11.6 Å². The molecule has 1 aliphatic rings. The number of esters is 1. The molecule has 0 amide bonds. The second-order valence-electron chi connectivity index (χ2n) is 4.73. The minimum absolute atomic E-state index is 0.176. The lowest BCUT2D eigenvalue weighted by Crippen LogP contribution is -2.20. The topological polar surface area (TPSA) is 48.0 Å². The summed E-state index contributed by atoms with van der Waals surface area (Å²) in [5.41, 5.74) is 1.06. The first kappa shape index (κ1) is 14.9. The van der Waals surface area contributed by atoms with Crippen LogP contribution in [0.25, 0.3) is 0 Å². The van der Waals surface area contributed by atoms with Gasteiger partial charge in [0.25, 0.3) is 0 Å². The van der Waals surface area contributed by atoms with E-state index in [4.69, 9.17) is 21.1 Å². The molecule has 0 unspecified atom stereocenters. The first-order valence-corrected chi connectivity index (χ1v) is 6.81. The van der Waals surface area contributed by atoms with Crippen LogP contribution < -0.4 is 9.47 Å². The van der Waals surface area contributed by atoms with Crippen LogP contribution in [0.1, 0.15) is 18.4 Å². The second-order valence-corrected chi connectivity index (χ2v) is 5.14. The number of halogens is 1. The molecule has 0 radical (unpaired) electrons. The van der Waals surface area contributed by atoms with Gasteiger partial charge in [0.05, 0.1) is 12.1 Å². The van der Waals surface area contributed by atoms with Crippen molar-refractivity contribution in [3.63, 3.8) is 0 Å². The zero-order valence-corrected chi connectivity index (χ0v) is 12.4. The Hall–Kier alpha value is -1.46. The number of carbonyl (C=O) groups is 1. The van der Waals surface area contributed by atoms with Gasteiger partial charge in [0.2, 0.25) is 6.79 Å². The summed E-state index contributed by atoms with van der Waals surface area (Å²) in [5, 5.41) is 0.568. The fourth-order valence-electron chi connectivity index (χ4n) is 2.10. The highest BCUT2D eigenvalue weighted by atomic mass is 35.5. The maximum Gasteiger partial charge on any atom is 0.305 e. The number of methoxy groups -OCH3 is 1. The summed E-state index contributed by atoms with van der Waals surface area (Å²) in [7, 11) is 3.40. The normalized spacial score (nSPS) is 12.8. The monoisotopic (exact) mass is 299 g/mol. The third-order valence-electron chi connectivity index (χ3n) is 3.09. The molecule has 0 aromatic heterocycles. The molecule has 1 aliphatic heterocycles. The van der Waals surface area contributed by atoms with Gasteiger partial charge >= 0.3 is 5.97 Å². The van der Waals surface area contributed by atoms with Crippen LogP contribution in [-0.4, -0.2) is 38.4 Å². The average molecular weight is 300 g/mol. The number of carbonyl (C=O) groups excluding carboxylic acids is 1. The van der Waals surface area contributed by atoms with E-state index in [2.05, 4.69) is 9.64 Å². The molecule has 5 nitrogen and oxygen atoms in total. The molecule has 20 heavy (non-hydrogen) atoms. The highest BCUT2D eigenvalue weighted by Gasteiger charge is 2.18. The number of fused-ring (bicyclic) bond motifs is 1. The zero-order valence-electron chi connectivity index (χ0n) is 11.6. The zero-order chi connectivity index (χ0) is 14.5. The molecule has 0 spiro atoms. The van der Waals surface area contributed by atoms with Crippen LogP contribution in [0.4, 0.5) is 0 Å². The number of benzene rings is 1. The van der Waals surface area contributed by atoms with Crippen LogP contribution in [0.15, 0.2) is 12.1 Å². The number of ether oxygens (including phenoxy) is 3. The first-order chi connectivity index (χ1) is 9.60. The van der Waals surface area contributed by atoms with Crippen molar-refractivity contribution >= 4 is 17.6 Å². The molecule has 1 aromatic rings. The SMILES string of the molecule is COC(=O)CCCN(C)Cc1cc(Cl)c2c(c1)OCO2. The van der Waals surface area contributed by atoms with Gasteiger partial charge in [0, 0.05) is 13.0 Å². The third kappa shape index (κ3) is 3.77. The van der Waals surface area contributed by atoms with E-state index in [1.807, 2.05) is 19.2 Å². The van der Waals surface area contributed by atoms with Crippen molar-refractivity contribution in [3.05, 3.63) is 22.7 Å².